The molecule has 0 unspecified atom stereocenters. The van der Waals surface area contributed by atoms with Crippen molar-refractivity contribution in [3.8, 4) is 0 Å². The van der Waals surface area contributed by atoms with E-state index in [1.807, 2.05) is 40.9 Å². The average molecular weight is 374 g/mol. The lowest BCUT2D eigenvalue weighted by Gasteiger charge is -2.17. The Morgan fingerprint density at radius 2 is 1.76 bits per heavy atom. The van der Waals surface area contributed by atoms with Crippen molar-refractivity contribution in [2.45, 2.75) is 32.2 Å². The van der Waals surface area contributed by atoms with Gasteiger partial charge in [-0.2, -0.15) is 9.61 Å². The SMILES string of the molecule is Clc1ccc(/C=C\c2nn3c(CN4CCCCCC4)nnc3s2)cc1. The molecule has 1 aliphatic rings. The van der Waals surface area contributed by atoms with E-state index < -0.39 is 0 Å². The zero-order chi connectivity index (χ0) is 17.1. The summed E-state index contributed by atoms with van der Waals surface area (Å²) in [5.74, 6) is 0.930. The fourth-order valence-corrected chi connectivity index (χ4v) is 3.96. The topological polar surface area (TPSA) is 46.3 Å². The van der Waals surface area contributed by atoms with Gasteiger partial charge in [0.1, 0.15) is 5.01 Å². The van der Waals surface area contributed by atoms with Gasteiger partial charge in [-0.05, 0) is 49.7 Å². The summed E-state index contributed by atoms with van der Waals surface area (Å²) in [6.45, 7) is 3.11. The zero-order valence-electron chi connectivity index (χ0n) is 13.9. The van der Waals surface area contributed by atoms with E-state index in [0.717, 1.165) is 46.0 Å². The first-order chi connectivity index (χ1) is 12.3. The summed E-state index contributed by atoms with van der Waals surface area (Å²) in [6, 6.07) is 7.76. The number of nitrogens with zero attached hydrogens (tertiary/aromatic N) is 5. The maximum atomic E-state index is 5.92. The number of fused-ring (bicyclic) bond motifs is 1. The molecule has 0 saturated carbocycles. The summed E-state index contributed by atoms with van der Waals surface area (Å²) in [5.41, 5.74) is 1.10. The molecule has 0 amide bonds. The third-order valence-electron chi connectivity index (χ3n) is 4.42. The molecule has 0 N–H and O–H groups in total. The van der Waals surface area contributed by atoms with Crippen LogP contribution in [0.25, 0.3) is 17.1 Å². The average Bonchev–Trinajstić information content (AvgIpc) is 3.07. The highest BCUT2D eigenvalue weighted by atomic mass is 35.5. The number of hydrogen-bond acceptors (Lipinski definition) is 5. The lowest BCUT2D eigenvalue weighted by atomic mass is 10.2. The molecule has 1 aliphatic heterocycles. The predicted molar refractivity (Wildman–Crippen MR) is 103 cm³/mol. The van der Waals surface area contributed by atoms with Crippen molar-refractivity contribution >= 4 is 40.1 Å². The molecule has 0 spiro atoms. The molecular formula is C18H20ClN5S. The van der Waals surface area contributed by atoms with Crippen LogP contribution in [0.2, 0.25) is 5.02 Å². The summed E-state index contributed by atoms with van der Waals surface area (Å²) in [4.78, 5) is 3.31. The maximum absolute atomic E-state index is 5.92. The summed E-state index contributed by atoms with van der Waals surface area (Å²) >= 11 is 7.47. The molecule has 0 radical (unpaired) electrons. The fraction of sp³-hybridized carbons (Fsp3) is 0.389. The summed E-state index contributed by atoms with van der Waals surface area (Å²) in [5, 5.41) is 15.0. The van der Waals surface area contributed by atoms with Gasteiger partial charge in [0.15, 0.2) is 5.82 Å². The molecule has 1 fully saturated rings. The van der Waals surface area contributed by atoms with Crippen LogP contribution < -0.4 is 0 Å². The zero-order valence-corrected chi connectivity index (χ0v) is 15.5. The number of hydrogen-bond donors (Lipinski definition) is 0. The van der Waals surface area contributed by atoms with Crippen molar-refractivity contribution in [1.82, 2.24) is 24.7 Å². The second-order valence-electron chi connectivity index (χ2n) is 6.33. The van der Waals surface area contributed by atoms with Gasteiger partial charge in [-0.25, -0.2) is 0 Å². The van der Waals surface area contributed by atoms with E-state index >= 15 is 0 Å². The molecule has 5 nitrogen and oxygen atoms in total. The van der Waals surface area contributed by atoms with E-state index in [1.165, 1.54) is 25.7 Å². The number of likely N-dealkylation sites (tertiary alicyclic amines) is 1. The van der Waals surface area contributed by atoms with E-state index in [-0.39, 0.29) is 0 Å². The van der Waals surface area contributed by atoms with Crippen LogP contribution in [0, 0.1) is 0 Å². The molecule has 1 saturated heterocycles. The van der Waals surface area contributed by atoms with Crippen molar-refractivity contribution in [2.24, 2.45) is 0 Å². The molecular weight excluding hydrogens is 354 g/mol. The summed E-state index contributed by atoms with van der Waals surface area (Å²) < 4.78 is 1.89. The summed E-state index contributed by atoms with van der Waals surface area (Å²) in [7, 11) is 0. The Hall–Kier alpha value is -1.76. The van der Waals surface area contributed by atoms with Crippen molar-refractivity contribution < 1.29 is 0 Å². The molecule has 25 heavy (non-hydrogen) atoms. The van der Waals surface area contributed by atoms with E-state index in [1.54, 1.807) is 11.3 Å². The Bertz CT molecular complexity index is 859. The van der Waals surface area contributed by atoms with Gasteiger partial charge in [0, 0.05) is 5.02 Å². The minimum absolute atomic E-state index is 0.745. The van der Waals surface area contributed by atoms with Gasteiger partial charge < -0.3 is 0 Å². The van der Waals surface area contributed by atoms with Gasteiger partial charge in [-0.1, -0.05) is 54.0 Å². The van der Waals surface area contributed by atoms with Crippen molar-refractivity contribution in [3.63, 3.8) is 0 Å². The minimum Gasteiger partial charge on any atom is -0.296 e. The van der Waals surface area contributed by atoms with Gasteiger partial charge in [-0.15, -0.1) is 10.2 Å². The molecule has 0 bridgehead atoms. The second kappa shape index (κ2) is 7.64. The van der Waals surface area contributed by atoms with E-state index in [9.17, 15) is 0 Å². The van der Waals surface area contributed by atoms with Crippen molar-refractivity contribution in [3.05, 3.63) is 45.7 Å². The monoisotopic (exact) mass is 373 g/mol. The molecule has 0 aliphatic carbocycles. The number of halogens is 1. The molecule has 3 heterocycles. The molecule has 0 atom stereocenters. The normalized spacial score (nSPS) is 16.7. The van der Waals surface area contributed by atoms with Gasteiger partial charge in [0.2, 0.25) is 4.96 Å². The Balaban J connectivity index is 1.50. The van der Waals surface area contributed by atoms with Crippen LogP contribution >= 0.6 is 22.9 Å². The third kappa shape index (κ3) is 4.08. The lowest BCUT2D eigenvalue weighted by Crippen LogP contribution is -2.25. The highest BCUT2D eigenvalue weighted by Gasteiger charge is 2.15. The predicted octanol–water partition coefficient (Wildman–Crippen LogP) is 4.39. The van der Waals surface area contributed by atoms with Crippen LogP contribution in [0.1, 0.15) is 42.1 Å². The maximum Gasteiger partial charge on any atom is 0.235 e. The molecule has 4 rings (SSSR count). The molecule has 2 aromatic heterocycles. The Morgan fingerprint density at radius 3 is 2.52 bits per heavy atom. The largest absolute Gasteiger partial charge is 0.296 e. The van der Waals surface area contributed by atoms with Crippen LogP contribution in [-0.2, 0) is 6.54 Å². The van der Waals surface area contributed by atoms with Crippen LogP contribution in [0.4, 0.5) is 0 Å². The van der Waals surface area contributed by atoms with Gasteiger partial charge >= 0.3 is 0 Å². The Kier molecular flexibility index (Phi) is 5.10. The highest BCUT2D eigenvalue weighted by Crippen LogP contribution is 2.19. The lowest BCUT2D eigenvalue weighted by molar-refractivity contribution is 0.268. The van der Waals surface area contributed by atoms with Crippen LogP contribution in [0.5, 0.6) is 0 Å². The van der Waals surface area contributed by atoms with Crippen LogP contribution in [0.3, 0.4) is 0 Å². The Labute approximate surface area is 155 Å². The number of aromatic nitrogens is 4. The van der Waals surface area contributed by atoms with Crippen molar-refractivity contribution in [1.29, 1.82) is 0 Å². The first kappa shape index (κ1) is 16.7. The molecule has 7 heteroatoms. The number of rotatable bonds is 4. The van der Waals surface area contributed by atoms with Gasteiger partial charge in [-0.3, -0.25) is 4.90 Å². The fourth-order valence-electron chi connectivity index (χ4n) is 3.07. The van der Waals surface area contributed by atoms with Gasteiger partial charge in [0.05, 0.1) is 6.54 Å². The van der Waals surface area contributed by atoms with E-state index in [2.05, 4.69) is 20.2 Å². The van der Waals surface area contributed by atoms with Crippen molar-refractivity contribution in [2.75, 3.05) is 13.1 Å². The molecule has 130 valence electrons. The van der Waals surface area contributed by atoms with E-state index in [4.69, 9.17) is 11.6 Å². The van der Waals surface area contributed by atoms with E-state index in [0.29, 0.717) is 0 Å². The summed E-state index contributed by atoms with van der Waals surface area (Å²) in [6.07, 6.45) is 9.27. The second-order valence-corrected chi connectivity index (χ2v) is 7.75. The van der Waals surface area contributed by atoms with Crippen LogP contribution in [-0.4, -0.2) is 37.8 Å². The number of benzene rings is 1. The quantitative estimate of drug-likeness (QED) is 0.680. The van der Waals surface area contributed by atoms with Crippen LogP contribution in [0.15, 0.2) is 24.3 Å². The third-order valence-corrected chi connectivity index (χ3v) is 5.54. The molecule has 1 aromatic carbocycles. The smallest absolute Gasteiger partial charge is 0.235 e. The minimum atomic E-state index is 0.745. The molecule has 3 aromatic rings. The first-order valence-corrected chi connectivity index (χ1v) is 9.84. The standard InChI is InChI=1S/C18H20ClN5S/c19-15-8-5-14(6-9-15)7-10-17-22-24-16(20-21-18(24)25-17)13-23-11-3-1-2-4-12-23/h5-10H,1-4,11-13H2/b10-7-. The highest BCUT2D eigenvalue weighted by molar-refractivity contribution is 7.17. The Morgan fingerprint density at radius 1 is 1.00 bits per heavy atom. The van der Waals surface area contributed by atoms with Gasteiger partial charge in [0.25, 0.3) is 0 Å². The first-order valence-electron chi connectivity index (χ1n) is 8.65.